The lowest BCUT2D eigenvalue weighted by molar-refractivity contribution is 0.704. The van der Waals surface area contributed by atoms with E-state index in [2.05, 4.69) is 62.1 Å². The van der Waals surface area contributed by atoms with Gasteiger partial charge >= 0.3 is 0 Å². The highest BCUT2D eigenvalue weighted by atomic mass is 79.9. The summed E-state index contributed by atoms with van der Waals surface area (Å²) in [6, 6.07) is 2.48. The number of nitrogens with zero attached hydrogens (tertiary/aromatic N) is 1. The van der Waals surface area contributed by atoms with E-state index in [0.717, 1.165) is 22.3 Å². The van der Waals surface area contributed by atoms with Crippen LogP contribution in [0.4, 0.5) is 5.82 Å². The molecule has 84 valence electrons. The Morgan fingerprint density at radius 2 is 2.13 bits per heavy atom. The van der Waals surface area contributed by atoms with Crippen molar-refractivity contribution >= 4 is 37.7 Å². The molecule has 0 spiro atoms. The number of anilines is 1. The minimum Gasteiger partial charge on any atom is -0.367 e. The highest BCUT2D eigenvalue weighted by Crippen LogP contribution is 2.22. The number of hydrogen-bond donors (Lipinski definition) is 1. The van der Waals surface area contributed by atoms with Gasteiger partial charge in [0.1, 0.15) is 5.82 Å². The fraction of sp³-hybridized carbons (Fsp3) is 0.545. The molecule has 2 atom stereocenters. The molecular weight excluding hydrogens is 320 g/mol. The topological polar surface area (TPSA) is 24.9 Å². The Kier molecular flexibility index (Phi) is 5.06. The van der Waals surface area contributed by atoms with Crippen LogP contribution in [0.25, 0.3) is 0 Å². The molecule has 1 aromatic rings. The molecule has 1 heterocycles. The predicted molar refractivity (Wildman–Crippen MR) is 72.8 cm³/mol. The zero-order valence-corrected chi connectivity index (χ0v) is 12.4. The van der Waals surface area contributed by atoms with Crippen LogP contribution in [0.3, 0.4) is 0 Å². The molecule has 0 fully saturated rings. The molecule has 0 amide bonds. The van der Waals surface area contributed by atoms with Crippen molar-refractivity contribution in [1.82, 2.24) is 4.98 Å². The van der Waals surface area contributed by atoms with Crippen LogP contribution in [0, 0.1) is 6.92 Å². The second-order valence-corrected chi connectivity index (χ2v) is 6.32. The normalized spacial score (nSPS) is 14.7. The molecule has 2 nitrogen and oxygen atoms in total. The van der Waals surface area contributed by atoms with E-state index in [1.165, 1.54) is 0 Å². The lowest BCUT2D eigenvalue weighted by Crippen LogP contribution is -2.19. The summed E-state index contributed by atoms with van der Waals surface area (Å²) in [5.74, 6) is 0.918. The molecule has 1 N–H and O–H groups in total. The summed E-state index contributed by atoms with van der Waals surface area (Å²) in [4.78, 5) is 4.87. The Morgan fingerprint density at radius 1 is 1.47 bits per heavy atom. The molecule has 15 heavy (non-hydrogen) atoms. The molecule has 0 saturated heterocycles. The highest BCUT2D eigenvalue weighted by molar-refractivity contribution is 9.10. The molecule has 4 heteroatoms. The molecule has 0 aliphatic rings. The van der Waals surface area contributed by atoms with Gasteiger partial charge in [-0.15, -0.1) is 0 Å². The van der Waals surface area contributed by atoms with E-state index in [1.54, 1.807) is 0 Å². The van der Waals surface area contributed by atoms with Crippen LogP contribution in [0.1, 0.15) is 25.8 Å². The number of aryl methyl sites for hydroxylation is 1. The van der Waals surface area contributed by atoms with Crippen LogP contribution < -0.4 is 5.32 Å². The third-order valence-corrected chi connectivity index (χ3v) is 3.02. The Bertz CT molecular complexity index is 326. The van der Waals surface area contributed by atoms with Gasteiger partial charge in [-0.2, -0.15) is 0 Å². The van der Waals surface area contributed by atoms with Crippen LogP contribution in [-0.2, 0) is 0 Å². The Morgan fingerprint density at radius 3 is 2.67 bits per heavy atom. The minimum absolute atomic E-state index is 0.408. The first-order valence-corrected chi connectivity index (χ1v) is 6.72. The zero-order valence-electron chi connectivity index (χ0n) is 9.22. The number of rotatable bonds is 4. The summed E-state index contributed by atoms with van der Waals surface area (Å²) >= 11 is 7.05. The van der Waals surface area contributed by atoms with Gasteiger partial charge in [0.05, 0.1) is 4.47 Å². The van der Waals surface area contributed by atoms with Gasteiger partial charge in [0, 0.05) is 17.1 Å². The van der Waals surface area contributed by atoms with E-state index in [0.29, 0.717) is 10.9 Å². The molecule has 0 bridgehead atoms. The molecule has 2 unspecified atom stereocenters. The Balaban J connectivity index is 2.64. The number of halogens is 2. The van der Waals surface area contributed by atoms with Gasteiger partial charge in [0.2, 0.25) is 0 Å². The third-order valence-electron chi connectivity index (χ3n) is 2.04. The molecule has 0 aliphatic carbocycles. The SMILES string of the molecule is Cc1cnc(NC(C)CC(C)Br)c(Br)c1. The van der Waals surface area contributed by atoms with Crippen molar-refractivity contribution in [1.29, 1.82) is 0 Å². The molecular formula is C11H16Br2N2. The van der Waals surface area contributed by atoms with E-state index in [4.69, 9.17) is 0 Å². The van der Waals surface area contributed by atoms with Gasteiger partial charge in [0.25, 0.3) is 0 Å². The lowest BCUT2D eigenvalue weighted by atomic mass is 10.2. The van der Waals surface area contributed by atoms with Gasteiger partial charge in [-0.1, -0.05) is 22.9 Å². The number of aromatic nitrogens is 1. The second kappa shape index (κ2) is 5.85. The van der Waals surface area contributed by atoms with Gasteiger partial charge in [0.15, 0.2) is 0 Å². The average molecular weight is 336 g/mol. The van der Waals surface area contributed by atoms with Crippen LogP contribution >= 0.6 is 31.9 Å². The Labute approximate surface area is 108 Å². The van der Waals surface area contributed by atoms with Crippen molar-refractivity contribution in [2.24, 2.45) is 0 Å². The first-order chi connectivity index (χ1) is 6.99. The summed E-state index contributed by atoms with van der Waals surface area (Å²) in [6.07, 6.45) is 2.94. The first kappa shape index (κ1) is 13.0. The summed E-state index contributed by atoms with van der Waals surface area (Å²) < 4.78 is 1.02. The Hall–Kier alpha value is -0.0900. The molecule has 1 aromatic heterocycles. The summed E-state index contributed by atoms with van der Waals surface area (Å²) in [5, 5.41) is 3.38. The number of alkyl halides is 1. The van der Waals surface area contributed by atoms with E-state index in [9.17, 15) is 0 Å². The first-order valence-electron chi connectivity index (χ1n) is 5.01. The molecule has 1 rings (SSSR count). The smallest absolute Gasteiger partial charge is 0.140 e. The van der Waals surface area contributed by atoms with Crippen LogP contribution in [0.2, 0.25) is 0 Å². The molecule has 0 aliphatic heterocycles. The predicted octanol–water partition coefficient (Wildman–Crippen LogP) is 4.13. The number of pyridine rings is 1. The molecule has 0 aromatic carbocycles. The van der Waals surface area contributed by atoms with Gasteiger partial charge < -0.3 is 5.32 Å². The quantitative estimate of drug-likeness (QED) is 0.837. The monoisotopic (exact) mass is 334 g/mol. The van der Waals surface area contributed by atoms with Crippen molar-refractivity contribution in [3.05, 3.63) is 22.3 Å². The maximum absolute atomic E-state index is 4.35. The van der Waals surface area contributed by atoms with Crippen LogP contribution in [-0.4, -0.2) is 15.9 Å². The fourth-order valence-electron chi connectivity index (χ4n) is 1.42. The third kappa shape index (κ3) is 4.51. The van der Waals surface area contributed by atoms with E-state index in [1.807, 2.05) is 13.1 Å². The second-order valence-electron chi connectivity index (χ2n) is 3.90. The van der Waals surface area contributed by atoms with Crippen molar-refractivity contribution in [2.45, 2.75) is 38.1 Å². The molecule has 0 saturated carbocycles. The van der Waals surface area contributed by atoms with E-state index < -0.39 is 0 Å². The largest absolute Gasteiger partial charge is 0.367 e. The lowest BCUT2D eigenvalue weighted by Gasteiger charge is -2.16. The van der Waals surface area contributed by atoms with Crippen LogP contribution in [0.5, 0.6) is 0 Å². The number of nitrogens with one attached hydrogen (secondary N) is 1. The average Bonchev–Trinajstić information content (AvgIpc) is 2.08. The van der Waals surface area contributed by atoms with Crippen molar-refractivity contribution in [2.75, 3.05) is 5.32 Å². The number of hydrogen-bond acceptors (Lipinski definition) is 2. The van der Waals surface area contributed by atoms with Gasteiger partial charge in [-0.3, -0.25) is 0 Å². The van der Waals surface area contributed by atoms with E-state index >= 15 is 0 Å². The summed E-state index contributed by atoms with van der Waals surface area (Å²) in [6.45, 7) is 6.34. The maximum atomic E-state index is 4.35. The fourth-order valence-corrected chi connectivity index (χ4v) is 2.56. The minimum atomic E-state index is 0.408. The van der Waals surface area contributed by atoms with Crippen molar-refractivity contribution < 1.29 is 0 Å². The molecule has 0 radical (unpaired) electrons. The van der Waals surface area contributed by atoms with Crippen molar-refractivity contribution in [3.8, 4) is 0 Å². The zero-order chi connectivity index (χ0) is 11.4. The maximum Gasteiger partial charge on any atom is 0.140 e. The summed E-state index contributed by atoms with van der Waals surface area (Å²) in [7, 11) is 0. The van der Waals surface area contributed by atoms with Crippen molar-refractivity contribution in [3.63, 3.8) is 0 Å². The highest BCUT2D eigenvalue weighted by Gasteiger charge is 2.08. The van der Waals surface area contributed by atoms with E-state index in [-0.39, 0.29) is 0 Å². The van der Waals surface area contributed by atoms with Crippen LogP contribution in [0.15, 0.2) is 16.7 Å². The van der Waals surface area contributed by atoms with Gasteiger partial charge in [-0.05, 0) is 47.8 Å². The van der Waals surface area contributed by atoms with Gasteiger partial charge in [-0.25, -0.2) is 4.98 Å². The standard InChI is InChI=1S/C11H16Br2N2/c1-7-4-10(13)11(14-6-7)15-9(3)5-8(2)12/h4,6,8-9H,5H2,1-3H3,(H,14,15). The summed E-state index contributed by atoms with van der Waals surface area (Å²) in [5.41, 5.74) is 1.16.